The topological polar surface area (TPSA) is 70.1 Å². The zero-order valence-electron chi connectivity index (χ0n) is 44.5. The van der Waals surface area contributed by atoms with Crippen LogP contribution in [0.15, 0.2) is 246 Å². The fourth-order valence-electron chi connectivity index (χ4n) is 12.6. The first-order valence-corrected chi connectivity index (χ1v) is 27.2. The van der Waals surface area contributed by atoms with Crippen molar-refractivity contribution in [3.63, 3.8) is 0 Å². The lowest BCUT2D eigenvalue weighted by molar-refractivity contribution is 0.0237. The van der Waals surface area contributed by atoms with Crippen molar-refractivity contribution in [2.24, 2.45) is 0 Å². The number of rotatable bonds is 10. The molecule has 11 aromatic carbocycles. The van der Waals surface area contributed by atoms with Crippen LogP contribution in [0.25, 0.3) is 93.2 Å². The van der Waals surface area contributed by atoms with E-state index in [0.717, 1.165) is 99.2 Å². The number of nitrogens with zero attached hydrogens (tertiary/aromatic N) is 2. The molecular formula is C73H56N2O4. The summed E-state index contributed by atoms with van der Waals surface area (Å²) in [4.78, 5) is 21.3. The zero-order chi connectivity index (χ0) is 53.7. The normalized spacial score (nSPS) is 14.8. The van der Waals surface area contributed by atoms with Gasteiger partial charge >= 0.3 is 0 Å². The molecule has 0 spiro atoms. The molecule has 382 valence electrons. The Labute approximate surface area is 458 Å². The number of Topliss-reactive ketones (excluding diaryl/α,β-unsaturated/α-hetero) is 1. The van der Waals surface area contributed by atoms with Crippen LogP contribution in [0.3, 0.4) is 0 Å². The predicted octanol–water partition coefficient (Wildman–Crippen LogP) is 19.2. The van der Waals surface area contributed by atoms with Crippen LogP contribution in [0, 0.1) is 0 Å². The summed E-state index contributed by atoms with van der Waals surface area (Å²) in [7, 11) is 0. The highest BCUT2D eigenvalue weighted by Gasteiger charge is 2.53. The number of hydrogen-bond acceptors (Lipinski definition) is 6. The van der Waals surface area contributed by atoms with E-state index < -0.39 is 17.6 Å². The first kappa shape index (κ1) is 47.9. The molecule has 1 N–H and O–H groups in total. The molecule has 0 radical (unpaired) electrons. The van der Waals surface area contributed by atoms with Gasteiger partial charge in [0.2, 0.25) is 11.5 Å². The minimum Gasteiger partial charge on any atom is -0.455 e. The lowest BCUT2D eigenvalue weighted by atomic mass is 9.74. The summed E-state index contributed by atoms with van der Waals surface area (Å²) in [5.41, 5.74) is 10.2. The molecule has 0 saturated carbocycles. The smallest absolute Gasteiger partial charge is 0.231 e. The zero-order valence-corrected chi connectivity index (χ0v) is 44.5. The Kier molecular flexibility index (Phi) is 11.1. The Morgan fingerprint density at radius 2 is 1.15 bits per heavy atom. The molecule has 0 amide bonds. The molecular weight excluding hydrogens is 969 g/mol. The molecule has 6 heteroatoms. The van der Waals surface area contributed by atoms with Crippen LogP contribution in [0.1, 0.15) is 61.2 Å². The van der Waals surface area contributed by atoms with Gasteiger partial charge in [-0.05, 0) is 112 Å². The third-order valence-electron chi connectivity index (χ3n) is 16.3. The van der Waals surface area contributed by atoms with Gasteiger partial charge in [0.25, 0.3) is 0 Å². The summed E-state index contributed by atoms with van der Waals surface area (Å²) in [6.07, 6.45) is 0.425. The maximum absolute atomic E-state index is 17.1. The number of fused-ring (bicyclic) bond motifs is 14. The van der Waals surface area contributed by atoms with Crippen LogP contribution in [0.4, 0.5) is 22.7 Å². The van der Waals surface area contributed by atoms with E-state index in [0.29, 0.717) is 45.4 Å². The third kappa shape index (κ3) is 7.54. The number of ketones is 1. The molecule has 1 aliphatic carbocycles. The molecule has 0 aliphatic heterocycles. The van der Waals surface area contributed by atoms with Gasteiger partial charge in [-0.15, -0.1) is 0 Å². The quantitative estimate of drug-likeness (QED) is 0.109. The first-order chi connectivity index (χ1) is 38.5. The van der Waals surface area contributed by atoms with Crippen molar-refractivity contribution in [2.75, 3.05) is 9.80 Å². The summed E-state index contributed by atoms with van der Waals surface area (Å²) >= 11 is 0. The van der Waals surface area contributed by atoms with Crippen LogP contribution in [-0.2, 0) is 11.1 Å². The lowest BCUT2D eigenvalue weighted by Gasteiger charge is -2.47. The van der Waals surface area contributed by atoms with Crippen molar-refractivity contribution in [2.45, 2.75) is 51.3 Å². The molecule has 0 saturated heterocycles. The number of benzene rings is 11. The number of anilines is 4. The van der Waals surface area contributed by atoms with Gasteiger partial charge in [-0.3, -0.25) is 4.79 Å². The highest BCUT2D eigenvalue weighted by atomic mass is 16.3. The molecule has 2 heterocycles. The second kappa shape index (κ2) is 18.3. The number of carbonyl (C=O) groups is 1. The van der Waals surface area contributed by atoms with Crippen molar-refractivity contribution < 1.29 is 18.7 Å². The number of aliphatic hydroxyl groups is 1. The Balaban J connectivity index is 1.13. The van der Waals surface area contributed by atoms with Crippen molar-refractivity contribution in [1.29, 1.82) is 0 Å². The summed E-state index contributed by atoms with van der Waals surface area (Å²) in [6.45, 7) is 13.4. The highest BCUT2D eigenvalue weighted by Crippen LogP contribution is 2.57. The monoisotopic (exact) mass is 1020 g/mol. The van der Waals surface area contributed by atoms with E-state index in [-0.39, 0.29) is 5.41 Å². The number of para-hydroxylation sites is 3. The maximum Gasteiger partial charge on any atom is 0.231 e. The molecule has 13 aromatic rings. The second-order valence-electron chi connectivity index (χ2n) is 22.2. The molecule has 2 unspecified atom stereocenters. The van der Waals surface area contributed by atoms with Gasteiger partial charge < -0.3 is 23.7 Å². The van der Waals surface area contributed by atoms with Gasteiger partial charge in [-0.25, -0.2) is 0 Å². The molecule has 14 rings (SSSR count). The molecule has 79 heavy (non-hydrogen) atoms. The molecule has 2 aromatic heterocycles. The molecule has 0 fully saturated rings. The van der Waals surface area contributed by atoms with E-state index >= 15 is 4.79 Å². The fourth-order valence-corrected chi connectivity index (χ4v) is 12.6. The van der Waals surface area contributed by atoms with E-state index in [9.17, 15) is 5.11 Å². The van der Waals surface area contributed by atoms with Crippen molar-refractivity contribution in [3.05, 3.63) is 259 Å². The Morgan fingerprint density at radius 3 is 1.85 bits per heavy atom. The second-order valence-corrected chi connectivity index (χ2v) is 22.2. The average molecular weight is 1030 g/mol. The maximum atomic E-state index is 17.1. The van der Waals surface area contributed by atoms with E-state index in [4.69, 9.17) is 8.83 Å². The molecule has 0 bridgehead atoms. The number of carbonyl (C=O) groups excluding carboxylic acids is 1. The van der Waals surface area contributed by atoms with Crippen LogP contribution in [0.2, 0.25) is 0 Å². The van der Waals surface area contributed by atoms with Gasteiger partial charge in [-0.2, -0.15) is 0 Å². The summed E-state index contributed by atoms with van der Waals surface area (Å²) in [5, 5.41) is 22.2. The lowest BCUT2D eigenvalue weighted by Crippen LogP contribution is -2.57. The minimum absolute atomic E-state index is 0.157. The van der Waals surface area contributed by atoms with Crippen LogP contribution in [0.5, 0.6) is 0 Å². The molecule has 1 aliphatic rings. The predicted molar refractivity (Wildman–Crippen MR) is 327 cm³/mol. The van der Waals surface area contributed by atoms with E-state index in [1.165, 1.54) is 0 Å². The SMILES string of the molecule is C=C(CC(C)N(c1cc2ccccc2c2ccccc12)C1(O)C(=O)c2cc(-c3ccccc3)c3oc4c(N(c5ccccc5)c5ccccc5)cccc4c3c2-c2c1ccc1c2oc2cc(C(C)(C)C)ccc21)c1ccccc1. The minimum atomic E-state index is -2.32. The van der Waals surface area contributed by atoms with Crippen LogP contribution in [-0.4, -0.2) is 16.9 Å². The van der Waals surface area contributed by atoms with Gasteiger partial charge in [-0.1, -0.05) is 203 Å². The van der Waals surface area contributed by atoms with E-state index in [2.05, 4.69) is 167 Å². The molecule has 2 atom stereocenters. The van der Waals surface area contributed by atoms with Crippen molar-refractivity contribution in [1.82, 2.24) is 0 Å². The highest BCUT2D eigenvalue weighted by molar-refractivity contribution is 6.29. The van der Waals surface area contributed by atoms with Crippen LogP contribution >= 0.6 is 0 Å². The summed E-state index contributed by atoms with van der Waals surface area (Å²) in [5.74, 6) is -0.463. The summed E-state index contributed by atoms with van der Waals surface area (Å²) < 4.78 is 14.8. The van der Waals surface area contributed by atoms with E-state index in [1.807, 2.05) is 108 Å². The molecule has 6 nitrogen and oxygen atoms in total. The van der Waals surface area contributed by atoms with Gasteiger partial charge in [0.1, 0.15) is 16.7 Å². The number of furan rings is 2. The van der Waals surface area contributed by atoms with Gasteiger partial charge in [0, 0.05) is 77.9 Å². The number of hydrogen-bond donors (Lipinski definition) is 1. The van der Waals surface area contributed by atoms with Gasteiger partial charge in [0.15, 0.2) is 5.58 Å². The third-order valence-corrected chi connectivity index (χ3v) is 16.3. The first-order valence-electron chi connectivity index (χ1n) is 27.2. The van der Waals surface area contributed by atoms with Crippen molar-refractivity contribution in [3.8, 4) is 22.3 Å². The average Bonchev–Trinajstić information content (AvgIpc) is 3.74. The van der Waals surface area contributed by atoms with E-state index in [1.54, 1.807) is 0 Å². The Bertz CT molecular complexity index is 4530. The van der Waals surface area contributed by atoms with Crippen molar-refractivity contribution >= 4 is 99.5 Å². The van der Waals surface area contributed by atoms with Gasteiger partial charge in [0.05, 0.1) is 5.69 Å². The standard InChI is InChI=1S/C73H56N2O4/c1-45(47-23-10-6-11-24-47)41-46(2)75(63-42-49-27-18-19-32-53(49)54-33-20-21-34-55(54)63)73(77)61-40-39-57-56-38-37-50(72(3,4)5)43-64(56)78-69(57)67(61)65-60(71(73)76)44-59(48-25-12-7-13-26-48)70-66(65)58-35-22-36-62(68(58)79-70)74(51-28-14-8-15-29-51)52-30-16-9-17-31-52/h6-40,42-44,46,77H,1,41H2,2-5H3. The van der Waals surface area contributed by atoms with Crippen LogP contribution < -0.4 is 9.80 Å². The fraction of sp³-hybridized carbons (Fsp3) is 0.110. The summed E-state index contributed by atoms with van der Waals surface area (Å²) in [6, 6.07) is 77.9. The Morgan fingerprint density at radius 1 is 0.544 bits per heavy atom. The Hall–Kier alpha value is -9.49. The largest absolute Gasteiger partial charge is 0.455 e.